The second kappa shape index (κ2) is 11.5. The van der Waals surface area contributed by atoms with Crippen molar-refractivity contribution in [2.75, 3.05) is 0 Å². The molecule has 0 saturated carbocycles. The van der Waals surface area contributed by atoms with Gasteiger partial charge in [-0.2, -0.15) is 13.5 Å². The minimum absolute atomic E-state index is 0. The van der Waals surface area contributed by atoms with Crippen molar-refractivity contribution < 1.29 is 0 Å². The van der Waals surface area contributed by atoms with Crippen LogP contribution in [0.1, 0.15) is 0 Å². The van der Waals surface area contributed by atoms with E-state index in [9.17, 15) is 0 Å². The first kappa shape index (κ1) is 23.7. The zero-order valence-corrected chi connectivity index (χ0v) is 19.3. The summed E-state index contributed by atoms with van der Waals surface area (Å²) in [6.45, 7) is 0. The molecule has 4 rings (SSSR count). The van der Waals surface area contributed by atoms with Crippen molar-refractivity contribution in [3.8, 4) is 22.3 Å². The highest BCUT2D eigenvalue weighted by Crippen LogP contribution is 2.33. The van der Waals surface area contributed by atoms with E-state index in [1.165, 1.54) is 0 Å². The summed E-state index contributed by atoms with van der Waals surface area (Å²) >= 11 is 24.3. The van der Waals surface area contributed by atoms with Crippen LogP contribution in [-0.2, 0) is 0 Å². The monoisotopic (exact) mass is 478 g/mol. The van der Waals surface area contributed by atoms with Crippen LogP contribution in [0.15, 0.2) is 97.1 Å². The van der Waals surface area contributed by atoms with Gasteiger partial charge in [-0.3, -0.25) is 0 Å². The van der Waals surface area contributed by atoms with Crippen LogP contribution in [0.5, 0.6) is 0 Å². The predicted octanol–water partition coefficient (Wildman–Crippen LogP) is 9.43. The quantitative estimate of drug-likeness (QED) is 0.268. The second-order valence-electron chi connectivity index (χ2n) is 5.92. The number of benzene rings is 4. The Balaban J connectivity index is 0.000000200. The van der Waals surface area contributed by atoms with Crippen molar-refractivity contribution >= 4 is 59.9 Å². The number of hydrogen-bond acceptors (Lipinski definition) is 0. The first-order valence-electron chi connectivity index (χ1n) is 8.57. The Hall–Kier alpha value is -1.61. The van der Waals surface area contributed by atoms with Crippen molar-refractivity contribution in [3.63, 3.8) is 0 Å². The van der Waals surface area contributed by atoms with Crippen LogP contribution in [0, 0.1) is 0 Å². The van der Waals surface area contributed by atoms with E-state index in [0.29, 0.717) is 0 Å². The van der Waals surface area contributed by atoms with Gasteiger partial charge >= 0.3 is 0 Å². The van der Waals surface area contributed by atoms with Gasteiger partial charge in [0.05, 0.1) is 0 Å². The van der Waals surface area contributed by atoms with E-state index >= 15 is 0 Å². The zero-order valence-electron chi connectivity index (χ0n) is 15.2. The smallest absolute Gasteiger partial charge is 0.0484 e. The van der Waals surface area contributed by atoms with Crippen LogP contribution in [0.4, 0.5) is 0 Å². The highest BCUT2D eigenvalue weighted by atomic mass is 35.5. The minimum atomic E-state index is 0. The molecule has 0 fully saturated rings. The topological polar surface area (TPSA) is 0 Å². The molecule has 0 saturated heterocycles. The maximum Gasteiger partial charge on any atom is 0.0484 e. The minimum Gasteiger partial charge on any atom is -0.197 e. The van der Waals surface area contributed by atoms with Gasteiger partial charge in [0.1, 0.15) is 0 Å². The van der Waals surface area contributed by atoms with Crippen LogP contribution >= 0.6 is 59.9 Å². The summed E-state index contributed by atoms with van der Waals surface area (Å²) in [4.78, 5) is 0. The lowest BCUT2D eigenvalue weighted by Gasteiger charge is -2.05. The largest absolute Gasteiger partial charge is 0.197 e. The van der Waals surface area contributed by atoms with Crippen molar-refractivity contribution in [2.24, 2.45) is 0 Å². The molecule has 0 aliphatic rings. The maximum absolute atomic E-state index is 6.07. The standard InChI is InChI=1S/2C12H8Cl2.H2S/c2*13-11-7-3-1-5-9(11)10-6-2-4-8-12(10)14;/h2*1-8H;1H2. The molecule has 0 nitrogen and oxygen atoms in total. The van der Waals surface area contributed by atoms with Gasteiger partial charge in [-0.1, -0.05) is 119 Å². The van der Waals surface area contributed by atoms with Gasteiger partial charge in [-0.05, 0) is 24.3 Å². The van der Waals surface area contributed by atoms with Crippen molar-refractivity contribution in [2.45, 2.75) is 0 Å². The molecule has 0 radical (unpaired) electrons. The van der Waals surface area contributed by atoms with Crippen LogP contribution < -0.4 is 0 Å². The average Bonchev–Trinajstić information content (AvgIpc) is 2.71. The van der Waals surface area contributed by atoms with E-state index in [1.54, 1.807) is 0 Å². The molecule has 0 aliphatic carbocycles. The van der Waals surface area contributed by atoms with E-state index < -0.39 is 0 Å². The van der Waals surface area contributed by atoms with Gasteiger partial charge in [0, 0.05) is 42.3 Å². The molecule has 0 aromatic heterocycles. The Labute approximate surface area is 198 Å². The predicted molar refractivity (Wildman–Crippen MR) is 134 cm³/mol. The summed E-state index contributed by atoms with van der Waals surface area (Å²) in [5, 5.41) is 2.89. The van der Waals surface area contributed by atoms with Gasteiger partial charge in [-0.15, -0.1) is 0 Å². The molecule has 4 aromatic rings. The molecule has 29 heavy (non-hydrogen) atoms. The van der Waals surface area contributed by atoms with E-state index in [-0.39, 0.29) is 13.5 Å². The first-order chi connectivity index (χ1) is 13.6. The molecule has 0 N–H and O–H groups in total. The molecule has 0 atom stereocenters. The summed E-state index contributed by atoms with van der Waals surface area (Å²) in [7, 11) is 0. The molecule has 0 heterocycles. The lowest BCUT2D eigenvalue weighted by Crippen LogP contribution is -1.79. The molecule has 0 aliphatic heterocycles. The number of halogens is 4. The lowest BCUT2D eigenvalue weighted by molar-refractivity contribution is 1.62. The Kier molecular flexibility index (Phi) is 9.42. The van der Waals surface area contributed by atoms with Crippen LogP contribution in [0.2, 0.25) is 20.1 Å². The fraction of sp³-hybridized carbons (Fsp3) is 0. The molecular weight excluding hydrogens is 462 g/mol. The Morgan fingerprint density at radius 1 is 0.310 bits per heavy atom. The third-order valence-corrected chi connectivity index (χ3v) is 5.39. The molecule has 0 spiro atoms. The fourth-order valence-corrected chi connectivity index (χ4v) is 3.67. The summed E-state index contributed by atoms with van der Waals surface area (Å²) in [5.41, 5.74) is 3.89. The third-order valence-electron chi connectivity index (χ3n) is 4.08. The second-order valence-corrected chi connectivity index (χ2v) is 7.55. The molecule has 4 aromatic carbocycles. The fourth-order valence-electron chi connectivity index (χ4n) is 2.72. The first-order valence-corrected chi connectivity index (χ1v) is 10.1. The van der Waals surface area contributed by atoms with Crippen molar-refractivity contribution in [3.05, 3.63) is 117 Å². The zero-order chi connectivity index (χ0) is 19.9. The average molecular weight is 480 g/mol. The van der Waals surface area contributed by atoms with Crippen LogP contribution in [0.25, 0.3) is 22.3 Å². The summed E-state index contributed by atoms with van der Waals surface area (Å²) in [6, 6.07) is 30.7. The van der Waals surface area contributed by atoms with E-state index in [1.807, 2.05) is 97.1 Å². The molecule has 0 amide bonds. The van der Waals surface area contributed by atoms with Crippen LogP contribution in [0.3, 0.4) is 0 Å². The molecule has 5 heteroatoms. The summed E-state index contributed by atoms with van der Waals surface area (Å²) < 4.78 is 0. The molecule has 148 valence electrons. The third kappa shape index (κ3) is 6.18. The Morgan fingerprint density at radius 2 is 0.483 bits per heavy atom. The van der Waals surface area contributed by atoms with Gasteiger partial charge in [0.2, 0.25) is 0 Å². The number of rotatable bonds is 2. The van der Waals surface area contributed by atoms with E-state index in [2.05, 4.69) is 0 Å². The van der Waals surface area contributed by atoms with Gasteiger partial charge < -0.3 is 0 Å². The van der Waals surface area contributed by atoms with E-state index in [4.69, 9.17) is 46.4 Å². The highest BCUT2D eigenvalue weighted by molar-refractivity contribution is 7.59. The number of hydrogen-bond donors (Lipinski definition) is 0. The SMILES string of the molecule is Clc1ccccc1-c1ccccc1Cl.Clc1ccccc1-c1ccccc1Cl.S. The van der Waals surface area contributed by atoms with Gasteiger partial charge in [0.15, 0.2) is 0 Å². The highest BCUT2D eigenvalue weighted by Gasteiger charge is 2.06. The van der Waals surface area contributed by atoms with Gasteiger partial charge in [0.25, 0.3) is 0 Å². The lowest BCUT2D eigenvalue weighted by atomic mass is 10.1. The summed E-state index contributed by atoms with van der Waals surface area (Å²) in [5.74, 6) is 0. The van der Waals surface area contributed by atoms with Crippen LogP contribution in [-0.4, -0.2) is 0 Å². The maximum atomic E-state index is 6.07. The van der Waals surface area contributed by atoms with Crippen molar-refractivity contribution in [1.29, 1.82) is 0 Å². The Morgan fingerprint density at radius 3 is 0.655 bits per heavy atom. The molecule has 0 unspecified atom stereocenters. The Bertz CT molecular complexity index is 905. The van der Waals surface area contributed by atoms with Gasteiger partial charge in [-0.25, -0.2) is 0 Å². The van der Waals surface area contributed by atoms with Crippen molar-refractivity contribution in [1.82, 2.24) is 0 Å². The summed E-state index contributed by atoms with van der Waals surface area (Å²) in [6.07, 6.45) is 0. The van der Waals surface area contributed by atoms with E-state index in [0.717, 1.165) is 42.3 Å². The molecule has 0 bridgehead atoms. The normalized spacial score (nSPS) is 9.79. The molecular formula is C24H18Cl4S.